The van der Waals surface area contributed by atoms with E-state index in [4.69, 9.17) is 0 Å². The van der Waals surface area contributed by atoms with Gasteiger partial charge >= 0.3 is 6.18 Å². The number of alkyl halides is 3. The topological polar surface area (TPSA) is 42.3 Å². The molecule has 122 valence electrons. The predicted molar refractivity (Wildman–Crippen MR) is 74.5 cm³/mol. The zero-order valence-corrected chi connectivity index (χ0v) is 12.6. The maximum Gasteiger partial charge on any atom is 0.411 e. The summed E-state index contributed by atoms with van der Waals surface area (Å²) in [7, 11) is 1.91. The van der Waals surface area contributed by atoms with Crippen molar-refractivity contribution in [2.75, 3.05) is 39.4 Å². The van der Waals surface area contributed by atoms with Crippen LogP contribution in [0.25, 0.3) is 0 Å². The molecule has 0 radical (unpaired) electrons. The highest BCUT2D eigenvalue weighted by molar-refractivity contribution is 5.85. The number of rotatable bonds is 5. The normalized spacial score (nSPS) is 20.3. The first-order chi connectivity index (χ1) is 9.47. The van der Waals surface area contributed by atoms with Gasteiger partial charge in [0, 0.05) is 45.6 Å². The fourth-order valence-electron chi connectivity index (χ4n) is 2.34. The van der Waals surface area contributed by atoms with E-state index in [1.54, 1.807) is 6.20 Å². The van der Waals surface area contributed by atoms with Gasteiger partial charge in [-0.05, 0) is 0 Å². The molecule has 5 nitrogen and oxygen atoms in total. The molecule has 9 heteroatoms. The van der Waals surface area contributed by atoms with E-state index in [0.29, 0.717) is 6.54 Å². The summed E-state index contributed by atoms with van der Waals surface area (Å²) in [4.78, 5) is 6.42. The monoisotopic (exact) mass is 328 g/mol. The fourth-order valence-corrected chi connectivity index (χ4v) is 2.34. The van der Waals surface area contributed by atoms with Crippen molar-refractivity contribution in [1.29, 1.82) is 0 Å². The molecule has 1 aromatic rings. The maximum absolute atomic E-state index is 12.0. The van der Waals surface area contributed by atoms with E-state index in [9.17, 15) is 13.2 Å². The van der Waals surface area contributed by atoms with Crippen LogP contribution in [0.5, 0.6) is 0 Å². The van der Waals surface area contributed by atoms with Crippen LogP contribution in [0.1, 0.15) is 11.9 Å². The lowest BCUT2D eigenvalue weighted by atomic mass is 10.2. The SMILES string of the molecule is Cl.Cn1ccnc1C1CNCCN1CCOCC(F)(F)F. The predicted octanol–water partition coefficient (Wildman–Crippen LogP) is 1.37. The minimum Gasteiger partial charge on any atom is -0.371 e. The molecule has 1 fully saturated rings. The van der Waals surface area contributed by atoms with Crippen LogP contribution in [-0.4, -0.2) is 60.0 Å². The molecule has 1 N–H and O–H groups in total. The van der Waals surface area contributed by atoms with Gasteiger partial charge in [-0.25, -0.2) is 4.98 Å². The van der Waals surface area contributed by atoms with E-state index in [2.05, 4.69) is 19.9 Å². The number of halogens is 4. The Labute approximate surface area is 127 Å². The molecule has 2 rings (SSSR count). The van der Waals surface area contributed by atoms with Gasteiger partial charge in [-0.2, -0.15) is 13.2 Å². The van der Waals surface area contributed by atoms with Gasteiger partial charge in [0.1, 0.15) is 12.4 Å². The third kappa shape index (κ3) is 5.46. The first-order valence-electron chi connectivity index (χ1n) is 6.54. The van der Waals surface area contributed by atoms with Gasteiger partial charge in [0.2, 0.25) is 0 Å². The Bertz CT molecular complexity index is 427. The van der Waals surface area contributed by atoms with Crippen molar-refractivity contribution in [3.63, 3.8) is 0 Å². The molecule has 0 amide bonds. The Morgan fingerprint density at radius 1 is 1.48 bits per heavy atom. The number of ether oxygens (including phenoxy) is 1. The average Bonchev–Trinajstić information content (AvgIpc) is 2.80. The Kier molecular flexibility index (Phi) is 6.92. The van der Waals surface area contributed by atoms with Crippen molar-refractivity contribution in [3.8, 4) is 0 Å². The van der Waals surface area contributed by atoms with Crippen LogP contribution in [-0.2, 0) is 11.8 Å². The first kappa shape index (κ1) is 18.2. The largest absolute Gasteiger partial charge is 0.411 e. The van der Waals surface area contributed by atoms with Gasteiger partial charge in [0.15, 0.2) is 0 Å². The molecule has 0 aliphatic carbocycles. The van der Waals surface area contributed by atoms with E-state index in [1.807, 2.05) is 17.8 Å². The van der Waals surface area contributed by atoms with Crippen LogP contribution in [0.2, 0.25) is 0 Å². The zero-order valence-electron chi connectivity index (χ0n) is 11.8. The van der Waals surface area contributed by atoms with E-state index in [-0.39, 0.29) is 25.1 Å². The van der Waals surface area contributed by atoms with Crippen LogP contribution in [0.4, 0.5) is 13.2 Å². The minimum atomic E-state index is -4.26. The molecule has 1 aliphatic heterocycles. The second-order valence-corrected chi connectivity index (χ2v) is 4.82. The highest BCUT2D eigenvalue weighted by Gasteiger charge is 2.29. The minimum absolute atomic E-state index is 0. The molecule has 0 saturated carbocycles. The number of hydrogen-bond donors (Lipinski definition) is 1. The summed E-state index contributed by atoms with van der Waals surface area (Å²) in [5, 5.41) is 3.28. The molecule has 0 spiro atoms. The smallest absolute Gasteiger partial charge is 0.371 e. The average molecular weight is 329 g/mol. The van der Waals surface area contributed by atoms with Crippen molar-refractivity contribution < 1.29 is 17.9 Å². The Morgan fingerprint density at radius 3 is 2.86 bits per heavy atom. The summed E-state index contributed by atoms with van der Waals surface area (Å²) >= 11 is 0. The van der Waals surface area contributed by atoms with Crippen molar-refractivity contribution in [2.45, 2.75) is 12.2 Å². The van der Waals surface area contributed by atoms with Crippen LogP contribution in [0.15, 0.2) is 12.4 Å². The molecule has 1 atom stereocenters. The Hall–Kier alpha value is -0.830. The van der Waals surface area contributed by atoms with Gasteiger partial charge in [-0.1, -0.05) is 0 Å². The quantitative estimate of drug-likeness (QED) is 0.829. The van der Waals surface area contributed by atoms with E-state index < -0.39 is 12.8 Å². The van der Waals surface area contributed by atoms with Gasteiger partial charge in [0.25, 0.3) is 0 Å². The summed E-state index contributed by atoms with van der Waals surface area (Å²) in [6, 6.07) is 0.0678. The first-order valence-corrected chi connectivity index (χ1v) is 6.54. The van der Waals surface area contributed by atoms with E-state index in [0.717, 1.165) is 25.5 Å². The molecule has 1 aromatic heterocycles. The second-order valence-electron chi connectivity index (χ2n) is 4.82. The number of nitrogens with one attached hydrogen (secondary N) is 1. The van der Waals surface area contributed by atoms with Crippen molar-refractivity contribution >= 4 is 12.4 Å². The lowest BCUT2D eigenvalue weighted by molar-refractivity contribution is -0.175. The van der Waals surface area contributed by atoms with Crippen LogP contribution < -0.4 is 5.32 Å². The van der Waals surface area contributed by atoms with Gasteiger partial charge < -0.3 is 14.6 Å². The summed E-state index contributed by atoms with van der Waals surface area (Å²) in [6.45, 7) is 1.68. The van der Waals surface area contributed by atoms with Crippen LogP contribution in [0.3, 0.4) is 0 Å². The van der Waals surface area contributed by atoms with Gasteiger partial charge in [-0.15, -0.1) is 12.4 Å². The Morgan fingerprint density at radius 2 is 2.24 bits per heavy atom. The molecular formula is C12H20ClF3N4O. The zero-order chi connectivity index (χ0) is 14.6. The fraction of sp³-hybridized carbons (Fsp3) is 0.750. The van der Waals surface area contributed by atoms with Crippen molar-refractivity contribution in [2.24, 2.45) is 7.05 Å². The van der Waals surface area contributed by atoms with Crippen LogP contribution in [0, 0.1) is 0 Å². The third-order valence-corrected chi connectivity index (χ3v) is 3.30. The summed E-state index contributed by atoms with van der Waals surface area (Å²) in [5.41, 5.74) is 0. The summed E-state index contributed by atoms with van der Waals surface area (Å²) in [6.07, 6.45) is -0.674. The molecule has 1 aliphatic rings. The van der Waals surface area contributed by atoms with Crippen LogP contribution >= 0.6 is 12.4 Å². The van der Waals surface area contributed by atoms with Crippen molar-refractivity contribution in [1.82, 2.24) is 19.8 Å². The lowest BCUT2D eigenvalue weighted by Gasteiger charge is -2.35. The number of nitrogens with zero attached hydrogens (tertiary/aromatic N) is 3. The molecule has 0 aromatic carbocycles. The molecule has 1 saturated heterocycles. The highest BCUT2D eigenvalue weighted by Crippen LogP contribution is 2.20. The number of aromatic nitrogens is 2. The summed E-state index contributed by atoms with van der Waals surface area (Å²) in [5.74, 6) is 0.910. The third-order valence-electron chi connectivity index (χ3n) is 3.30. The second kappa shape index (κ2) is 7.98. The number of piperazine rings is 1. The standard InChI is InChI=1S/C12H19F3N4O.ClH/c1-18-4-3-17-11(18)10-8-16-2-5-19(10)6-7-20-9-12(13,14)15;/h3-4,10,16H,2,5-9H2,1H3;1H. The number of aryl methyl sites for hydroxylation is 1. The Balaban J connectivity index is 0.00000220. The lowest BCUT2D eigenvalue weighted by Crippen LogP contribution is -2.48. The van der Waals surface area contributed by atoms with Gasteiger partial charge in [0.05, 0.1) is 12.6 Å². The molecule has 0 bridgehead atoms. The van der Waals surface area contributed by atoms with Gasteiger partial charge in [-0.3, -0.25) is 4.90 Å². The van der Waals surface area contributed by atoms with E-state index >= 15 is 0 Å². The van der Waals surface area contributed by atoms with E-state index in [1.165, 1.54) is 0 Å². The molecular weight excluding hydrogens is 309 g/mol. The molecule has 1 unspecified atom stereocenters. The van der Waals surface area contributed by atoms with Crippen molar-refractivity contribution in [3.05, 3.63) is 18.2 Å². The number of imidazole rings is 1. The number of hydrogen-bond acceptors (Lipinski definition) is 4. The molecule has 2 heterocycles. The summed E-state index contributed by atoms with van der Waals surface area (Å²) < 4.78 is 42.7. The maximum atomic E-state index is 12.0. The molecule has 21 heavy (non-hydrogen) atoms. The highest BCUT2D eigenvalue weighted by atomic mass is 35.5.